The van der Waals surface area contributed by atoms with Gasteiger partial charge in [0, 0.05) is 0 Å². The quantitative estimate of drug-likeness (QED) is 0.285. The van der Waals surface area contributed by atoms with Gasteiger partial charge in [-0.3, -0.25) is 14.2 Å². The SMILES string of the molecule is CCOc1ccccc1NC(=O)CSc1nc2ccccc2c(=O)n1-c1ccc(F)c(Cl)c1. The molecular weight excluding hydrogens is 465 g/mol. The van der Waals surface area contributed by atoms with E-state index < -0.39 is 5.82 Å². The number of ether oxygens (including phenoxy) is 1. The minimum absolute atomic E-state index is 0.0137. The summed E-state index contributed by atoms with van der Waals surface area (Å²) in [7, 11) is 0. The highest BCUT2D eigenvalue weighted by Gasteiger charge is 2.16. The molecule has 9 heteroatoms. The fourth-order valence-corrected chi connectivity index (χ4v) is 4.22. The number of anilines is 1. The van der Waals surface area contributed by atoms with Crippen LogP contribution in [0.1, 0.15) is 6.92 Å². The number of fused-ring (bicyclic) bond motifs is 1. The fourth-order valence-electron chi connectivity index (χ4n) is 3.23. The topological polar surface area (TPSA) is 73.2 Å². The fraction of sp³-hybridized carbons (Fsp3) is 0.125. The lowest BCUT2D eigenvalue weighted by Gasteiger charge is -2.14. The van der Waals surface area contributed by atoms with Gasteiger partial charge >= 0.3 is 0 Å². The van der Waals surface area contributed by atoms with Crippen molar-refractivity contribution in [3.8, 4) is 11.4 Å². The Morgan fingerprint density at radius 1 is 1.15 bits per heavy atom. The van der Waals surface area contributed by atoms with Gasteiger partial charge in [0.15, 0.2) is 5.16 Å². The molecule has 0 fully saturated rings. The van der Waals surface area contributed by atoms with Gasteiger partial charge in [0.1, 0.15) is 11.6 Å². The predicted octanol–water partition coefficient (Wildman–Crippen LogP) is 5.31. The molecule has 0 unspecified atom stereocenters. The first-order valence-electron chi connectivity index (χ1n) is 10.1. The smallest absolute Gasteiger partial charge is 0.266 e. The minimum Gasteiger partial charge on any atom is -0.492 e. The zero-order valence-corrected chi connectivity index (χ0v) is 19.1. The number of hydrogen-bond acceptors (Lipinski definition) is 5. The summed E-state index contributed by atoms with van der Waals surface area (Å²) in [5.41, 5.74) is 1.07. The second-order valence-corrected chi connectivity index (χ2v) is 8.27. The molecule has 0 saturated carbocycles. The molecule has 3 aromatic carbocycles. The van der Waals surface area contributed by atoms with Crippen LogP contribution in [0.5, 0.6) is 5.75 Å². The monoisotopic (exact) mass is 483 g/mol. The van der Waals surface area contributed by atoms with Crippen molar-refractivity contribution >= 4 is 45.9 Å². The number of thioether (sulfide) groups is 1. The maximum absolute atomic E-state index is 13.7. The molecule has 1 heterocycles. The number of rotatable bonds is 7. The van der Waals surface area contributed by atoms with Crippen molar-refractivity contribution in [1.82, 2.24) is 9.55 Å². The Morgan fingerprint density at radius 3 is 2.70 bits per heavy atom. The molecule has 1 aromatic heterocycles. The molecule has 168 valence electrons. The van der Waals surface area contributed by atoms with Crippen LogP contribution in [0.2, 0.25) is 5.02 Å². The number of halogens is 2. The van der Waals surface area contributed by atoms with Crippen LogP contribution >= 0.6 is 23.4 Å². The van der Waals surface area contributed by atoms with Gasteiger partial charge in [-0.25, -0.2) is 9.37 Å². The van der Waals surface area contributed by atoms with E-state index in [1.807, 2.05) is 13.0 Å². The first-order chi connectivity index (χ1) is 16.0. The molecule has 4 rings (SSSR count). The van der Waals surface area contributed by atoms with E-state index in [1.165, 1.54) is 22.8 Å². The molecule has 6 nitrogen and oxygen atoms in total. The lowest BCUT2D eigenvalue weighted by atomic mass is 10.2. The third-order valence-electron chi connectivity index (χ3n) is 4.70. The van der Waals surface area contributed by atoms with E-state index >= 15 is 0 Å². The number of amides is 1. The van der Waals surface area contributed by atoms with Gasteiger partial charge in [-0.2, -0.15) is 0 Å². The highest BCUT2D eigenvalue weighted by Crippen LogP contribution is 2.26. The van der Waals surface area contributed by atoms with E-state index in [0.29, 0.717) is 34.6 Å². The van der Waals surface area contributed by atoms with Crippen LogP contribution in [0.3, 0.4) is 0 Å². The van der Waals surface area contributed by atoms with Gasteiger partial charge < -0.3 is 10.1 Å². The summed E-state index contributed by atoms with van der Waals surface area (Å²) in [6, 6.07) is 18.0. The number of carbonyl (C=O) groups is 1. The van der Waals surface area contributed by atoms with Gasteiger partial charge in [-0.05, 0) is 49.4 Å². The molecule has 4 aromatic rings. The second kappa shape index (κ2) is 10.1. The number of nitrogens with zero attached hydrogens (tertiary/aromatic N) is 2. The number of benzene rings is 3. The lowest BCUT2D eigenvalue weighted by molar-refractivity contribution is -0.113. The van der Waals surface area contributed by atoms with Crippen LogP contribution in [0.15, 0.2) is 76.7 Å². The van der Waals surface area contributed by atoms with Crippen LogP contribution in [-0.4, -0.2) is 27.8 Å². The molecule has 0 aliphatic carbocycles. The average Bonchev–Trinajstić information content (AvgIpc) is 2.81. The molecule has 1 amide bonds. The third kappa shape index (κ3) is 5.02. The summed E-state index contributed by atoms with van der Waals surface area (Å²) >= 11 is 7.04. The van der Waals surface area contributed by atoms with Crippen molar-refractivity contribution in [1.29, 1.82) is 0 Å². The summed E-state index contributed by atoms with van der Waals surface area (Å²) in [6.45, 7) is 2.33. The molecule has 0 spiro atoms. The van der Waals surface area contributed by atoms with E-state index in [4.69, 9.17) is 16.3 Å². The van der Waals surface area contributed by atoms with E-state index in [2.05, 4.69) is 10.3 Å². The van der Waals surface area contributed by atoms with Crippen molar-refractivity contribution in [2.45, 2.75) is 12.1 Å². The van der Waals surface area contributed by atoms with E-state index in [9.17, 15) is 14.0 Å². The van der Waals surface area contributed by atoms with Crippen LogP contribution in [0.25, 0.3) is 16.6 Å². The molecule has 0 radical (unpaired) electrons. The second-order valence-electron chi connectivity index (χ2n) is 6.92. The largest absolute Gasteiger partial charge is 0.492 e. The van der Waals surface area contributed by atoms with Gasteiger partial charge in [0.25, 0.3) is 5.56 Å². The van der Waals surface area contributed by atoms with Gasteiger partial charge in [-0.1, -0.05) is 47.6 Å². The summed E-state index contributed by atoms with van der Waals surface area (Å²) in [5, 5.41) is 3.39. The normalized spacial score (nSPS) is 10.9. The summed E-state index contributed by atoms with van der Waals surface area (Å²) in [6.07, 6.45) is 0. The molecule has 0 saturated heterocycles. The molecule has 0 aliphatic heterocycles. The molecule has 0 aliphatic rings. The van der Waals surface area contributed by atoms with Crippen molar-refractivity contribution in [2.24, 2.45) is 0 Å². The Labute approximate surface area is 198 Å². The van der Waals surface area contributed by atoms with Crippen LogP contribution in [0, 0.1) is 5.82 Å². The Morgan fingerprint density at radius 2 is 1.91 bits per heavy atom. The Hall–Kier alpha value is -3.36. The van der Waals surface area contributed by atoms with E-state index in [1.54, 1.807) is 42.5 Å². The maximum atomic E-state index is 13.7. The van der Waals surface area contributed by atoms with Crippen LogP contribution < -0.4 is 15.6 Å². The number of para-hydroxylation sites is 3. The van der Waals surface area contributed by atoms with E-state index in [0.717, 1.165) is 11.8 Å². The molecule has 33 heavy (non-hydrogen) atoms. The highest BCUT2D eigenvalue weighted by molar-refractivity contribution is 7.99. The van der Waals surface area contributed by atoms with Crippen molar-refractivity contribution in [3.63, 3.8) is 0 Å². The Kier molecular flexibility index (Phi) is 6.96. The minimum atomic E-state index is -0.594. The van der Waals surface area contributed by atoms with Gasteiger partial charge in [0.05, 0.1) is 39.7 Å². The van der Waals surface area contributed by atoms with Crippen LogP contribution in [-0.2, 0) is 4.79 Å². The zero-order chi connectivity index (χ0) is 23.4. The molecule has 1 N–H and O–H groups in total. The molecular formula is C24H19ClFN3O3S. The number of hydrogen-bond donors (Lipinski definition) is 1. The Bertz CT molecular complexity index is 1390. The van der Waals surface area contributed by atoms with Crippen molar-refractivity contribution in [3.05, 3.63) is 87.9 Å². The zero-order valence-electron chi connectivity index (χ0n) is 17.5. The summed E-state index contributed by atoms with van der Waals surface area (Å²) in [5.74, 6) is -0.331. The number of aromatic nitrogens is 2. The van der Waals surface area contributed by atoms with Gasteiger partial charge in [0.2, 0.25) is 5.91 Å². The van der Waals surface area contributed by atoms with E-state index in [-0.39, 0.29) is 27.4 Å². The standard InChI is InChI=1S/C24H19ClFN3O3S/c1-2-32-21-10-6-5-9-20(21)27-22(30)14-33-24-28-19-8-4-3-7-16(19)23(31)29(24)15-11-12-18(26)17(25)13-15/h3-13H,2,14H2,1H3,(H,27,30). The highest BCUT2D eigenvalue weighted by atomic mass is 35.5. The third-order valence-corrected chi connectivity index (χ3v) is 5.93. The van der Waals surface area contributed by atoms with Crippen LogP contribution in [0.4, 0.5) is 10.1 Å². The average molecular weight is 484 g/mol. The van der Waals surface area contributed by atoms with Crippen molar-refractivity contribution < 1.29 is 13.9 Å². The summed E-state index contributed by atoms with van der Waals surface area (Å²) in [4.78, 5) is 30.5. The molecule has 0 atom stereocenters. The summed E-state index contributed by atoms with van der Waals surface area (Å²) < 4.78 is 20.6. The maximum Gasteiger partial charge on any atom is 0.266 e. The van der Waals surface area contributed by atoms with Crippen molar-refractivity contribution in [2.75, 3.05) is 17.7 Å². The number of nitrogens with one attached hydrogen (secondary N) is 1. The van der Waals surface area contributed by atoms with Gasteiger partial charge in [-0.15, -0.1) is 0 Å². The predicted molar refractivity (Wildman–Crippen MR) is 129 cm³/mol. The first kappa shape index (κ1) is 22.8. The Balaban J connectivity index is 1.66. The first-order valence-corrected chi connectivity index (χ1v) is 11.5. The lowest BCUT2D eigenvalue weighted by Crippen LogP contribution is -2.23. The molecule has 0 bridgehead atoms. The number of carbonyl (C=O) groups excluding carboxylic acids is 1.